The van der Waals surface area contributed by atoms with Crippen molar-refractivity contribution in [1.29, 1.82) is 5.26 Å². The number of nitriles is 1. The van der Waals surface area contributed by atoms with E-state index in [0.717, 1.165) is 19.5 Å². The molecule has 0 unspecified atom stereocenters. The van der Waals surface area contributed by atoms with Crippen LogP contribution in [0.3, 0.4) is 0 Å². The fourth-order valence-corrected chi connectivity index (χ4v) is 1.39. The number of allylic oxidation sites excluding steroid dienone is 1. The molecule has 1 aliphatic heterocycles. The maximum absolute atomic E-state index is 11.8. The van der Waals surface area contributed by atoms with Crippen LogP contribution in [0.5, 0.6) is 0 Å². The first-order chi connectivity index (χ1) is 7.06. The number of hydrogen-bond donors (Lipinski definition) is 0. The summed E-state index contributed by atoms with van der Waals surface area (Å²) in [6.07, 6.45) is 2.83. The minimum Gasteiger partial charge on any atom is -0.274 e. The second kappa shape index (κ2) is 4.94. The lowest BCUT2D eigenvalue weighted by molar-refractivity contribution is -0.147. The summed E-state index contributed by atoms with van der Waals surface area (Å²) in [7, 11) is 1.72. The fraction of sp³-hybridized carbons (Fsp3) is 0.636. The first-order valence-corrected chi connectivity index (χ1v) is 5.21. The molecule has 0 spiro atoms. The molecule has 0 N–H and O–H groups in total. The third-order valence-electron chi connectivity index (χ3n) is 2.40. The highest BCUT2D eigenvalue weighted by atomic mass is 16.2. The highest BCUT2D eigenvalue weighted by Gasteiger charge is 2.24. The van der Waals surface area contributed by atoms with Gasteiger partial charge in [0.15, 0.2) is 0 Å². The molecule has 15 heavy (non-hydrogen) atoms. The molecule has 0 aromatic heterocycles. The highest BCUT2D eigenvalue weighted by Crippen LogP contribution is 2.12. The van der Waals surface area contributed by atoms with E-state index >= 15 is 0 Å². The van der Waals surface area contributed by atoms with Gasteiger partial charge in [0.2, 0.25) is 0 Å². The van der Waals surface area contributed by atoms with Crippen LogP contribution < -0.4 is 0 Å². The first-order valence-electron chi connectivity index (χ1n) is 5.21. The number of hydrazine groups is 1. The Morgan fingerprint density at radius 1 is 1.53 bits per heavy atom. The van der Waals surface area contributed by atoms with Gasteiger partial charge in [-0.3, -0.25) is 9.80 Å². The lowest BCUT2D eigenvalue weighted by Gasteiger charge is -2.38. The second-order valence-corrected chi connectivity index (χ2v) is 4.07. The van der Waals surface area contributed by atoms with E-state index in [-0.39, 0.29) is 17.4 Å². The van der Waals surface area contributed by atoms with Crippen LogP contribution in [0.4, 0.5) is 0 Å². The molecule has 0 radical (unpaired) electrons. The smallest absolute Gasteiger partial charge is 0.274 e. The van der Waals surface area contributed by atoms with Crippen molar-refractivity contribution in [2.45, 2.75) is 20.3 Å². The van der Waals surface area contributed by atoms with E-state index in [1.54, 1.807) is 18.1 Å². The van der Waals surface area contributed by atoms with Crippen LogP contribution in [0, 0.1) is 17.2 Å². The largest absolute Gasteiger partial charge is 0.278 e. The van der Waals surface area contributed by atoms with Gasteiger partial charge in [0.05, 0.1) is 0 Å². The van der Waals surface area contributed by atoms with Crippen LogP contribution in [0.25, 0.3) is 0 Å². The molecule has 1 saturated heterocycles. The summed E-state index contributed by atoms with van der Waals surface area (Å²) in [5.74, 6) is 0.0132. The molecule has 1 heterocycles. The van der Waals surface area contributed by atoms with Gasteiger partial charge in [0.25, 0.3) is 5.91 Å². The molecule has 0 aromatic rings. The van der Waals surface area contributed by atoms with E-state index in [4.69, 9.17) is 5.26 Å². The lowest BCUT2D eigenvalue weighted by atomic mass is 10.1. The average molecular weight is 207 g/mol. The molecule has 0 bridgehead atoms. The zero-order chi connectivity index (χ0) is 11.4. The number of carbonyl (C=O) groups is 1. The van der Waals surface area contributed by atoms with Gasteiger partial charge in [-0.2, -0.15) is 5.26 Å². The monoisotopic (exact) mass is 207 g/mol. The van der Waals surface area contributed by atoms with Crippen molar-refractivity contribution in [2.75, 3.05) is 20.1 Å². The maximum Gasteiger partial charge on any atom is 0.278 e. The standard InChI is InChI=1S/C11H17N3O/c1-9(2)7-10(8-12)11(15)13(3)14-5-4-6-14/h7,9H,4-6H2,1-3H3. The van der Waals surface area contributed by atoms with E-state index in [0.29, 0.717) is 0 Å². The zero-order valence-electron chi connectivity index (χ0n) is 9.53. The fourth-order valence-electron chi connectivity index (χ4n) is 1.39. The first kappa shape index (κ1) is 11.7. The van der Waals surface area contributed by atoms with Gasteiger partial charge in [-0.15, -0.1) is 0 Å². The average Bonchev–Trinajstić information content (AvgIpc) is 2.09. The van der Waals surface area contributed by atoms with Gasteiger partial charge in [-0.25, -0.2) is 5.01 Å². The summed E-state index contributed by atoms with van der Waals surface area (Å²) in [4.78, 5) is 11.8. The summed E-state index contributed by atoms with van der Waals surface area (Å²) < 4.78 is 0. The minimum atomic E-state index is -0.203. The molecular formula is C11H17N3O. The predicted molar refractivity (Wildman–Crippen MR) is 57.5 cm³/mol. The Labute approximate surface area is 90.7 Å². The van der Waals surface area contributed by atoms with Crippen LogP contribution in [0.1, 0.15) is 20.3 Å². The van der Waals surface area contributed by atoms with Crippen LogP contribution in [-0.2, 0) is 4.79 Å². The van der Waals surface area contributed by atoms with E-state index in [1.807, 2.05) is 24.9 Å². The van der Waals surface area contributed by atoms with Crippen molar-refractivity contribution in [3.8, 4) is 6.07 Å². The third kappa shape index (κ3) is 2.80. The summed E-state index contributed by atoms with van der Waals surface area (Å²) in [5, 5.41) is 12.4. The van der Waals surface area contributed by atoms with Crippen molar-refractivity contribution in [2.24, 2.45) is 5.92 Å². The second-order valence-electron chi connectivity index (χ2n) is 4.07. The Morgan fingerprint density at radius 2 is 2.13 bits per heavy atom. The molecule has 4 nitrogen and oxygen atoms in total. The maximum atomic E-state index is 11.8. The number of rotatable bonds is 3. The Balaban J connectivity index is 2.68. The molecule has 4 heteroatoms. The van der Waals surface area contributed by atoms with Gasteiger partial charge in [0.1, 0.15) is 11.6 Å². The lowest BCUT2D eigenvalue weighted by Crippen LogP contribution is -2.51. The normalized spacial score (nSPS) is 17.1. The van der Waals surface area contributed by atoms with E-state index in [9.17, 15) is 4.79 Å². The molecule has 1 aliphatic rings. The number of hydrogen-bond acceptors (Lipinski definition) is 3. The number of carbonyl (C=O) groups excluding carboxylic acids is 1. The van der Waals surface area contributed by atoms with E-state index < -0.39 is 0 Å². The van der Waals surface area contributed by atoms with Crippen molar-refractivity contribution in [3.05, 3.63) is 11.6 Å². The molecular weight excluding hydrogens is 190 g/mol. The van der Waals surface area contributed by atoms with Crippen LogP contribution in [0.2, 0.25) is 0 Å². The quantitative estimate of drug-likeness (QED) is 0.515. The van der Waals surface area contributed by atoms with Crippen molar-refractivity contribution >= 4 is 5.91 Å². The van der Waals surface area contributed by atoms with Crippen LogP contribution in [-0.4, -0.2) is 36.1 Å². The number of nitrogens with zero attached hydrogens (tertiary/aromatic N) is 3. The molecule has 1 rings (SSSR count). The number of amides is 1. The molecule has 0 aliphatic carbocycles. The van der Waals surface area contributed by atoms with Crippen LogP contribution in [0.15, 0.2) is 11.6 Å². The van der Waals surface area contributed by atoms with Crippen molar-refractivity contribution < 1.29 is 4.79 Å². The third-order valence-corrected chi connectivity index (χ3v) is 2.40. The van der Waals surface area contributed by atoms with E-state index in [1.165, 1.54) is 0 Å². The summed E-state index contributed by atoms with van der Waals surface area (Å²) in [6, 6.07) is 1.96. The molecule has 0 saturated carbocycles. The van der Waals surface area contributed by atoms with Gasteiger partial charge in [-0.1, -0.05) is 19.9 Å². The van der Waals surface area contributed by atoms with Gasteiger partial charge < -0.3 is 0 Å². The molecule has 82 valence electrons. The number of likely N-dealkylation sites (N-methyl/N-ethyl adjacent to an activating group) is 1. The Kier molecular flexibility index (Phi) is 3.87. The SMILES string of the molecule is CC(C)C=C(C#N)C(=O)N(C)N1CCC1. The van der Waals surface area contributed by atoms with Crippen LogP contribution >= 0.6 is 0 Å². The summed E-state index contributed by atoms with van der Waals surface area (Å²) in [5.41, 5.74) is 0.236. The van der Waals surface area contributed by atoms with E-state index in [2.05, 4.69) is 0 Å². The predicted octanol–water partition coefficient (Wildman–Crippen LogP) is 1.17. The van der Waals surface area contributed by atoms with Crippen molar-refractivity contribution in [1.82, 2.24) is 10.0 Å². The van der Waals surface area contributed by atoms with Gasteiger partial charge in [-0.05, 0) is 12.3 Å². The zero-order valence-corrected chi connectivity index (χ0v) is 9.53. The van der Waals surface area contributed by atoms with Gasteiger partial charge >= 0.3 is 0 Å². The molecule has 0 aromatic carbocycles. The minimum absolute atomic E-state index is 0.203. The summed E-state index contributed by atoms with van der Waals surface area (Å²) in [6.45, 7) is 5.72. The molecule has 1 fully saturated rings. The Hall–Kier alpha value is -1.34. The van der Waals surface area contributed by atoms with Gasteiger partial charge in [0, 0.05) is 20.1 Å². The van der Waals surface area contributed by atoms with Crippen molar-refractivity contribution in [3.63, 3.8) is 0 Å². The molecule has 1 amide bonds. The summed E-state index contributed by atoms with van der Waals surface area (Å²) >= 11 is 0. The highest BCUT2D eigenvalue weighted by molar-refractivity contribution is 5.96. The Bertz CT molecular complexity index is 310. The molecule has 0 atom stereocenters. The topological polar surface area (TPSA) is 47.3 Å². The Morgan fingerprint density at radius 3 is 2.47 bits per heavy atom.